The van der Waals surface area contributed by atoms with Crippen LogP contribution in [0.2, 0.25) is 0 Å². The Bertz CT molecular complexity index is 1480. The second-order valence-corrected chi connectivity index (χ2v) is 18.1. The Morgan fingerprint density at radius 1 is 0.493 bits per heavy atom. The number of aliphatic hydroxyl groups excluding tert-OH is 2. The Morgan fingerprint density at radius 3 is 1.48 bits per heavy atom. The predicted octanol–water partition coefficient (Wildman–Crippen LogP) is 13.0. The third kappa shape index (κ3) is 35.8. The molecule has 0 aromatic rings. The van der Waals surface area contributed by atoms with Crippen molar-refractivity contribution >= 4 is 23.9 Å². The second-order valence-electron chi connectivity index (χ2n) is 18.1. The van der Waals surface area contributed by atoms with Crippen LogP contribution in [0.3, 0.4) is 0 Å². The summed E-state index contributed by atoms with van der Waals surface area (Å²) in [6.45, 7) is 5.73. The maximum Gasteiger partial charge on any atom is 0.335 e. The van der Waals surface area contributed by atoms with E-state index in [1.165, 1.54) is 51.4 Å². The summed E-state index contributed by atoms with van der Waals surface area (Å²) in [7, 11) is 0. The van der Waals surface area contributed by atoms with E-state index in [0.717, 1.165) is 103 Å². The second kappa shape index (κ2) is 45.3. The van der Waals surface area contributed by atoms with Crippen molar-refractivity contribution in [2.24, 2.45) is 0 Å². The Morgan fingerprint density at radius 2 is 0.942 bits per heavy atom. The molecule has 1 saturated heterocycles. The highest BCUT2D eigenvalue weighted by atomic mass is 16.7. The van der Waals surface area contributed by atoms with Crippen LogP contribution in [0.1, 0.15) is 213 Å². The number of hydrogen-bond acceptors (Lipinski definition) is 11. The first-order valence-corrected chi connectivity index (χ1v) is 26.9. The molecule has 0 bridgehead atoms. The average Bonchev–Trinajstić information content (AvgIpc) is 3.33. The summed E-state index contributed by atoms with van der Waals surface area (Å²) in [6.07, 6.45) is 43.4. The number of aliphatic hydroxyl groups is 2. The van der Waals surface area contributed by atoms with Crippen molar-refractivity contribution in [2.75, 3.05) is 13.2 Å². The molecule has 0 aliphatic carbocycles. The number of aliphatic carboxylic acids is 1. The van der Waals surface area contributed by atoms with Gasteiger partial charge in [-0.1, -0.05) is 190 Å². The molecule has 394 valence electrons. The van der Waals surface area contributed by atoms with Crippen LogP contribution in [0.5, 0.6) is 0 Å². The number of carbonyl (C=O) groups is 4. The fraction of sp³-hybridized carbons (Fsp3) is 0.719. The predicted molar refractivity (Wildman–Crippen MR) is 275 cm³/mol. The molecule has 69 heavy (non-hydrogen) atoms. The molecule has 0 saturated carbocycles. The van der Waals surface area contributed by atoms with Crippen LogP contribution in [-0.4, -0.2) is 89.2 Å². The van der Waals surface area contributed by atoms with Gasteiger partial charge in [-0.2, -0.15) is 0 Å². The number of ether oxygens (including phenoxy) is 5. The van der Waals surface area contributed by atoms with Crippen LogP contribution in [0.25, 0.3) is 0 Å². The number of carbonyl (C=O) groups excluding carboxylic acids is 3. The van der Waals surface area contributed by atoms with E-state index in [4.69, 9.17) is 23.7 Å². The summed E-state index contributed by atoms with van der Waals surface area (Å²) in [4.78, 5) is 50.8. The van der Waals surface area contributed by atoms with Gasteiger partial charge < -0.3 is 39.0 Å². The number of esters is 3. The molecular weight excluding hydrogens is 877 g/mol. The smallest absolute Gasteiger partial charge is 0.335 e. The highest BCUT2D eigenvalue weighted by Crippen LogP contribution is 2.26. The third-order valence-electron chi connectivity index (χ3n) is 11.8. The van der Waals surface area contributed by atoms with E-state index in [1.807, 2.05) is 12.2 Å². The summed E-state index contributed by atoms with van der Waals surface area (Å²) < 4.78 is 28.2. The molecule has 1 aliphatic rings. The minimum absolute atomic E-state index is 0.0438. The van der Waals surface area contributed by atoms with Crippen LogP contribution in [0.4, 0.5) is 0 Å². The van der Waals surface area contributed by atoms with Crippen LogP contribution in [-0.2, 0) is 42.9 Å². The monoisotopic (exact) mass is 971 g/mol. The number of unbranched alkanes of at least 4 members (excludes halogenated alkanes) is 18. The van der Waals surface area contributed by atoms with Gasteiger partial charge in [-0.3, -0.25) is 14.4 Å². The number of hydrogen-bond donors (Lipinski definition) is 3. The first-order chi connectivity index (χ1) is 33.6. The quantitative estimate of drug-likeness (QED) is 0.0228. The Kier molecular flexibility index (Phi) is 41.5. The zero-order chi connectivity index (χ0) is 50.4. The van der Waals surface area contributed by atoms with E-state index in [9.17, 15) is 34.5 Å². The highest BCUT2D eigenvalue weighted by Gasteiger charge is 2.50. The number of rotatable bonds is 44. The normalized spacial score (nSPS) is 19.2. The molecule has 0 amide bonds. The maximum atomic E-state index is 13.0. The standard InChI is InChI=1S/C57H94O12/c1-4-7-10-13-16-19-21-23-24-25-26-28-30-33-36-39-42-45-51(60)68-55-53(62)52(61)54(56(63)64)69-57(55)66-47-48(67-50(59)44-41-38-35-31-18-15-12-9-6-3)46-65-49(58)43-40-37-34-32-29-27-22-20-17-14-11-8-5-2/h8,11,16-17,19-20,23-24,27,29,34,37,48,52-55,57,61-62H,4-7,9-10,12-15,18,21-22,25-26,28,30-33,35-36,38-47H2,1-3H3,(H,63,64)/b11-8-,19-16-,20-17-,24-23-,29-27-,37-34-. The fourth-order valence-corrected chi connectivity index (χ4v) is 7.65. The molecule has 0 aromatic carbocycles. The van der Waals surface area contributed by atoms with Gasteiger partial charge in [-0.05, 0) is 77.0 Å². The first kappa shape index (κ1) is 63.2. The molecule has 12 nitrogen and oxygen atoms in total. The molecule has 1 heterocycles. The van der Waals surface area contributed by atoms with Crippen molar-refractivity contribution in [2.45, 2.75) is 250 Å². The Balaban J connectivity index is 2.72. The van der Waals surface area contributed by atoms with Crippen molar-refractivity contribution in [3.8, 4) is 0 Å². The first-order valence-electron chi connectivity index (χ1n) is 26.9. The molecule has 1 aliphatic heterocycles. The van der Waals surface area contributed by atoms with E-state index in [2.05, 4.69) is 81.5 Å². The van der Waals surface area contributed by atoms with E-state index >= 15 is 0 Å². The molecule has 0 spiro atoms. The van der Waals surface area contributed by atoms with E-state index < -0.39 is 67.3 Å². The summed E-state index contributed by atoms with van der Waals surface area (Å²) in [6, 6.07) is 0. The van der Waals surface area contributed by atoms with Crippen molar-refractivity contribution in [3.63, 3.8) is 0 Å². The number of allylic oxidation sites excluding steroid dienone is 12. The summed E-state index contributed by atoms with van der Waals surface area (Å²) in [5, 5.41) is 31.3. The third-order valence-corrected chi connectivity index (χ3v) is 11.8. The largest absolute Gasteiger partial charge is 0.479 e. The molecule has 0 aromatic heterocycles. The van der Waals surface area contributed by atoms with Gasteiger partial charge in [-0.25, -0.2) is 4.79 Å². The Hall–Kier alpha value is -3.84. The molecule has 6 atom stereocenters. The van der Waals surface area contributed by atoms with Gasteiger partial charge in [0.1, 0.15) is 18.8 Å². The molecule has 3 N–H and O–H groups in total. The average molecular weight is 971 g/mol. The molecule has 6 unspecified atom stereocenters. The van der Waals surface area contributed by atoms with E-state index in [-0.39, 0.29) is 25.9 Å². The minimum atomic E-state index is -1.91. The van der Waals surface area contributed by atoms with Crippen LogP contribution in [0, 0.1) is 0 Å². The van der Waals surface area contributed by atoms with Gasteiger partial charge in [0.05, 0.1) is 6.61 Å². The topological polar surface area (TPSA) is 175 Å². The lowest BCUT2D eigenvalue weighted by Gasteiger charge is -2.40. The SMILES string of the molecule is CC/C=C\C/C=C\C/C=C\C/C=C\CCC(=O)OCC(COC1OC(C(=O)O)C(O)C(O)C1OC(=O)CCCCCCCCC/C=C\C/C=C\CCCCC)OC(=O)CCCCCCCCCCC. The van der Waals surface area contributed by atoms with Gasteiger partial charge in [0.25, 0.3) is 0 Å². The van der Waals surface area contributed by atoms with Crippen LogP contribution in [0.15, 0.2) is 72.9 Å². The fourth-order valence-electron chi connectivity index (χ4n) is 7.65. The maximum absolute atomic E-state index is 13.0. The highest BCUT2D eigenvalue weighted by molar-refractivity contribution is 5.74. The van der Waals surface area contributed by atoms with Gasteiger partial charge in [-0.15, -0.1) is 0 Å². The van der Waals surface area contributed by atoms with Gasteiger partial charge >= 0.3 is 23.9 Å². The lowest BCUT2D eigenvalue weighted by atomic mass is 9.98. The van der Waals surface area contributed by atoms with E-state index in [0.29, 0.717) is 19.3 Å². The molecule has 1 rings (SSSR count). The number of carboxylic acid groups (broad SMARTS) is 1. The molecule has 1 fully saturated rings. The minimum Gasteiger partial charge on any atom is -0.479 e. The summed E-state index contributed by atoms with van der Waals surface area (Å²) in [5.74, 6) is -3.24. The van der Waals surface area contributed by atoms with Gasteiger partial charge in [0.2, 0.25) is 0 Å². The summed E-state index contributed by atoms with van der Waals surface area (Å²) in [5.41, 5.74) is 0. The lowest BCUT2D eigenvalue weighted by Crippen LogP contribution is -2.61. The summed E-state index contributed by atoms with van der Waals surface area (Å²) >= 11 is 0. The molecular formula is C57H94O12. The van der Waals surface area contributed by atoms with Crippen molar-refractivity contribution in [1.82, 2.24) is 0 Å². The lowest BCUT2D eigenvalue weighted by molar-refractivity contribution is -0.301. The van der Waals surface area contributed by atoms with Gasteiger partial charge in [0.15, 0.2) is 24.6 Å². The number of carboxylic acids is 1. The van der Waals surface area contributed by atoms with Crippen molar-refractivity contribution in [1.29, 1.82) is 0 Å². The molecule has 0 radical (unpaired) electrons. The zero-order valence-corrected chi connectivity index (χ0v) is 43.0. The van der Waals surface area contributed by atoms with Crippen LogP contribution >= 0.6 is 0 Å². The van der Waals surface area contributed by atoms with Crippen LogP contribution < -0.4 is 0 Å². The molecule has 12 heteroatoms. The zero-order valence-electron chi connectivity index (χ0n) is 43.0. The Labute approximate surface area is 417 Å². The van der Waals surface area contributed by atoms with Crippen molar-refractivity contribution < 1.29 is 58.2 Å². The van der Waals surface area contributed by atoms with Gasteiger partial charge in [0, 0.05) is 19.3 Å². The van der Waals surface area contributed by atoms with E-state index in [1.54, 1.807) is 0 Å². The van der Waals surface area contributed by atoms with Crippen molar-refractivity contribution in [3.05, 3.63) is 72.9 Å².